The number of fused-ring (bicyclic) bond motifs is 1. The number of aryl methyl sites for hydroxylation is 1. The van der Waals surface area contributed by atoms with Crippen molar-refractivity contribution in [1.82, 2.24) is 20.1 Å². The first-order chi connectivity index (χ1) is 11.9. The van der Waals surface area contributed by atoms with Crippen LogP contribution in [0.4, 0.5) is 13.2 Å². The van der Waals surface area contributed by atoms with E-state index in [9.17, 15) is 18.0 Å². The van der Waals surface area contributed by atoms with Gasteiger partial charge in [0.2, 0.25) is 5.91 Å². The van der Waals surface area contributed by atoms with E-state index in [1.54, 1.807) is 0 Å². The van der Waals surface area contributed by atoms with E-state index in [2.05, 4.69) is 15.5 Å². The second-order valence-electron chi connectivity index (χ2n) is 6.14. The van der Waals surface area contributed by atoms with Crippen LogP contribution < -0.4 is 5.32 Å². The van der Waals surface area contributed by atoms with Crippen molar-refractivity contribution < 1.29 is 18.0 Å². The van der Waals surface area contributed by atoms with Crippen LogP contribution in [0.2, 0.25) is 0 Å². The number of hydrogen-bond acceptors (Lipinski definition) is 3. The van der Waals surface area contributed by atoms with Gasteiger partial charge >= 0.3 is 6.18 Å². The highest BCUT2D eigenvalue weighted by Gasteiger charge is 2.30. The van der Waals surface area contributed by atoms with Crippen molar-refractivity contribution in [2.75, 3.05) is 0 Å². The predicted octanol–water partition coefficient (Wildman–Crippen LogP) is 2.88. The monoisotopic (exact) mass is 352 g/mol. The minimum Gasteiger partial charge on any atom is -0.349 e. The predicted molar refractivity (Wildman–Crippen MR) is 84.6 cm³/mol. The summed E-state index contributed by atoms with van der Waals surface area (Å²) in [6.45, 7) is 1.12. The molecule has 1 amide bonds. The highest BCUT2D eigenvalue weighted by Crippen LogP contribution is 2.29. The lowest BCUT2D eigenvalue weighted by atomic mass is 10.1. The Morgan fingerprint density at radius 3 is 2.60 bits per heavy atom. The van der Waals surface area contributed by atoms with Gasteiger partial charge in [0.1, 0.15) is 5.82 Å². The molecule has 0 bridgehead atoms. The van der Waals surface area contributed by atoms with Crippen molar-refractivity contribution in [1.29, 1.82) is 0 Å². The van der Waals surface area contributed by atoms with Crippen molar-refractivity contribution >= 4 is 5.91 Å². The van der Waals surface area contributed by atoms with Crippen LogP contribution in [0.15, 0.2) is 24.3 Å². The summed E-state index contributed by atoms with van der Waals surface area (Å²) in [6, 6.07) is 4.62. The second-order valence-corrected chi connectivity index (χ2v) is 6.14. The van der Waals surface area contributed by atoms with Crippen molar-refractivity contribution in [2.24, 2.45) is 0 Å². The number of hydrogen-bond donors (Lipinski definition) is 1. The number of rotatable bonds is 4. The van der Waals surface area contributed by atoms with E-state index in [1.807, 2.05) is 4.57 Å². The van der Waals surface area contributed by atoms with Gasteiger partial charge in [-0.25, -0.2) is 0 Å². The molecule has 3 rings (SSSR count). The number of carbonyl (C=O) groups is 1. The minimum atomic E-state index is -4.37. The summed E-state index contributed by atoms with van der Waals surface area (Å²) in [5.41, 5.74) is -0.187. The van der Waals surface area contributed by atoms with Gasteiger partial charge in [-0.2, -0.15) is 13.2 Å². The number of carbonyl (C=O) groups excluding carboxylic acids is 1. The number of alkyl halides is 3. The lowest BCUT2D eigenvalue weighted by molar-refractivity contribution is -0.137. The zero-order chi connectivity index (χ0) is 17.9. The molecule has 5 nitrogen and oxygen atoms in total. The maximum Gasteiger partial charge on any atom is 0.416 e. The lowest BCUT2D eigenvalue weighted by Gasteiger charge is -2.09. The standard InChI is InChI=1S/C17H19F3N4O/c18-17(19,20)13-7-5-12(6-8-13)10-16(25)21-11-15-23-22-14-4-2-1-3-9-24(14)15/h5-8H,1-4,9-11H2,(H,21,25). The van der Waals surface area contributed by atoms with E-state index < -0.39 is 11.7 Å². The van der Waals surface area contributed by atoms with E-state index in [1.165, 1.54) is 12.1 Å². The van der Waals surface area contributed by atoms with E-state index >= 15 is 0 Å². The highest BCUT2D eigenvalue weighted by atomic mass is 19.4. The molecule has 0 aliphatic carbocycles. The first kappa shape index (κ1) is 17.4. The Hall–Kier alpha value is -2.38. The van der Waals surface area contributed by atoms with E-state index in [0.29, 0.717) is 5.56 Å². The SMILES string of the molecule is O=C(Cc1ccc(C(F)(F)F)cc1)NCc1nnc2n1CCCCC2. The van der Waals surface area contributed by atoms with Gasteiger partial charge in [-0.1, -0.05) is 18.6 Å². The molecule has 2 aromatic rings. The average Bonchev–Trinajstić information content (AvgIpc) is 2.79. The third-order valence-electron chi connectivity index (χ3n) is 4.28. The summed E-state index contributed by atoms with van der Waals surface area (Å²) in [5.74, 6) is 1.41. The van der Waals surface area contributed by atoms with E-state index in [0.717, 1.165) is 56.0 Å². The van der Waals surface area contributed by atoms with Gasteiger partial charge in [0.25, 0.3) is 0 Å². The molecule has 0 fully saturated rings. The molecular formula is C17H19F3N4O. The summed E-state index contributed by atoms with van der Waals surface area (Å²) >= 11 is 0. The van der Waals surface area contributed by atoms with Crippen molar-refractivity contribution in [3.63, 3.8) is 0 Å². The van der Waals surface area contributed by atoms with Crippen LogP contribution in [0.3, 0.4) is 0 Å². The molecule has 1 aromatic heterocycles. The van der Waals surface area contributed by atoms with Gasteiger partial charge in [0.15, 0.2) is 5.82 Å². The lowest BCUT2D eigenvalue weighted by Crippen LogP contribution is -2.26. The van der Waals surface area contributed by atoms with Gasteiger partial charge in [0.05, 0.1) is 18.5 Å². The molecule has 2 heterocycles. The molecule has 134 valence electrons. The number of nitrogens with one attached hydrogen (secondary N) is 1. The quantitative estimate of drug-likeness (QED) is 0.920. The molecule has 0 atom stereocenters. The summed E-state index contributed by atoms with van der Waals surface area (Å²) in [7, 11) is 0. The Bertz CT molecular complexity index is 737. The maximum absolute atomic E-state index is 12.5. The molecule has 1 aromatic carbocycles. The molecular weight excluding hydrogens is 333 g/mol. The first-order valence-corrected chi connectivity index (χ1v) is 8.27. The van der Waals surface area contributed by atoms with Crippen LogP contribution in [0.25, 0.3) is 0 Å². The van der Waals surface area contributed by atoms with Crippen LogP contribution in [0.1, 0.15) is 42.0 Å². The smallest absolute Gasteiger partial charge is 0.349 e. The Morgan fingerprint density at radius 2 is 1.88 bits per heavy atom. The first-order valence-electron chi connectivity index (χ1n) is 8.27. The van der Waals surface area contributed by atoms with Crippen LogP contribution in [0.5, 0.6) is 0 Å². The van der Waals surface area contributed by atoms with Gasteiger partial charge in [0, 0.05) is 13.0 Å². The van der Waals surface area contributed by atoms with Crippen molar-refractivity contribution in [3.05, 3.63) is 47.0 Å². The maximum atomic E-state index is 12.5. The normalized spacial score (nSPS) is 14.7. The molecule has 0 radical (unpaired) electrons. The number of nitrogens with zero attached hydrogens (tertiary/aromatic N) is 3. The van der Waals surface area contributed by atoms with Crippen LogP contribution in [-0.2, 0) is 36.9 Å². The number of halogens is 3. The van der Waals surface area contributed by atoms with Crippen molar-refractivity contribution in [3.8, 4) is 0 Å². The average molecular weight is 352 g/mol. The zero-order valence-corrected chi connectivity index (χ0v) is 13.6. The Balaban J connectivity index is 1.56. The molecule has 0 unspecified atom stereocenters. The molecule has 1 N–H and O–H groups in total. The fourth-order valence-corrected chi connectivity index (χ4v) is 2.91. The number of aromatic nitrogens is 3. The summed E-state index contributed by atoms with van der Waals surface area (Å²) in [5, 5.41) is 11.1. The fourth-order valence-electron chi connectivity index (χ4n) is 2.91. The largest absolute Gasteiger partial charge is 0.416 e. The van der Waals surface area contributed by atoms with Crippen LogP contribution in [0, 0.1) is 0 Å². The van der Waals surface area contributed by atoms with E-state index in [-0.39, 0.29) is 18.9 Å². The minimum absolute atomic E-state index is 0.0269. The van der Waals surface area contributed by atoms with Gasteiger partial charge in [-0.3, -0.25) is 4.79 Å². The fraction of sp³-hybridized carbons (Fsp3) is 0.471. The Labute approximate surface area is 143 Å². The summed E-state index contributed by atoms with van der Waals surface area (Å²) in [4.78, 5) is 12.0. The molecule has 0 saturated heterocycles. The molecule has 0 saturated carbocycles. The summed E-state index contributed by atoms with van der Waals surface area (Å²) in [6.07, 6.45) is -0.128. The van der Waals surface area contributed by atoms with Gasteiger partial charge in [-0.05, 0) is 30.5 Å². The number of benzene rings is 1. The number of amides is 1. The third kappa shape index (κ3) is 4.37. The molecule has 8 heteroatoms. The van der Waals surface area contributed by atoms with Crippen LogP contribution >= 0.6 is 0 Å². The second kappa shape index (κ2) is 7.25. The highest BCUT2D eigenvalue weighted by molar-refractivity contribution is 5.78. The van der Waals surface area contributed by atoms with Crippen molar-refractivity contribution in [2.45, 2.75) is 51.4 Å². The Morgan fingerprint density at radius 1 is 1.12 bits per heavy atom. The summed E-state index contributed by atoms with van der Waals surface area (Å²) < 4.78 is 39.6. The zero-order valence-electron chi connectivity index (χ0n) is 13.6. The molecule has 1 aliphatic rings. The molecule has 1 aliphatic heterocycles. The molecule has 0 spiro atoms. The Kier molecular flexibility index (Phi) is 5.06. The molecule has 25 heavy (non-hydrogen) atoms. The van der Waals surface area contributed by atoms with Gasteiger partial charge < -0.3 is 9.88 Å². The topological polar surface area (TPSA) is 59.8 Å². The third-order valence-corrected chi connectivity index (χ3v) is 4.28. The van der Waals surface area contributed by atoms with Gasteiger partial charge in [-0.15, -0.1) is 10.2 Å². The van der Waals surface area contributed by atoms with Crippen LogP contribution in [-0.4, -0.2) is 20.7 Å². The van der Waals surface area contributed by atoms with E-state index in [4.69, 9.17) is 0 Å².